The average molecular weight is 288 g/mol. The second-order valence-electron chi connectivity index (χ2n) is 4.61. The Bertz CT molecular complexity index is 495. The van der Waals surface area contributed by atoms with Gasteiger partial charge in [-0.3, -0.25) is 0 Å². The fraction of sp³-hybridized carbons (Fsp3) is 0.462. The number of halogens is 3. The van der Waals surface area contributed by atoms with E-state index in [2.05, 4.69) is 12.2 Å². The Labute approximate surface area is 115 Å². The lowest BCUT2D eigenvalue weighted by molar-refractivity contribution is -0.137. The number of hydrogen-bond acceptors (Lipinski definition) is 2. The molecule has 1 aliphatic carbocycles. The first-order valence-corrected chi connectivity index (χ1v) is 6.53. The summed E-state index contributed by atoms with van der Waals surface area (Å²) in [5.41, 5.74) is 5.07. The van der Waals surface area contributed by atoms with Crippen molar-refractivity contribution in [3.63, 3.8) is 0 Å². The smallest absolute Gasteiger partial charge is 0.389 e. The van der Waals surface area contributed by atoms with Crippen molar-refractivity contribution in [1.29, 1.82) is 0 Å². The molecule has 6 heteroatoms. The second-order valence-corrected chi connectivity index (χ2v) is 5.05. The molecule has 0 bridgehead atoms. The minimum absolute atomic E-state index is 0.113. The van der Waals surface area contributed by atoms with Crippen molar-refractivity contribution >= 4 is 22.9 Å². The van der Waals surface area contributed by atoms with Crippen molar-refractivity contribution in [2.24, 2.45) is 5.73 Å². The number of alkyl halides is 3. The first-order valence-electron chi connectivity index (χ1n) is 6.12. The highest BCUT2D eigenvalue weighted by Crippen LogP contribution is 2.37. The van der Waals surface area contributed by atoms with E-state index in [1.54, 1.807) is 6.07 Å². The first-order chi connectivity index (χ1) is 8.84. The highest BCUT2D eigenvalue weighted by molar-refractivity contribution is 7.80. The Kier molecular flexibility index (Phi) is 3.71. The van der Waals surface area contributed by atoms with E-state index in [1.807, 2.05) is 11.8 Å². The molecule has 0 radical (unpaired) electrons. The molecule has 2 rings (SSSR count). The van der Waals surface area contributed by atoms with Gasteiger partial charge in [-0.25, -0.2) is 0 Å². The fourth-order valence-electron chi connectivity index (χ4n) is 2.20. The summed E-state index contributed by atoms with van der Waals surface area (Å²) in [6, 6.07) is 4.54. The monoisotopic (exact) mass is 288 g/mol. The lowest BCUT2D eigenvalue weighted by atomic mass is 10.1. The van der Waals surface area contributed by atoms with Gasteiger partial charge in [-0.05, 0) is 38.0 Å². The molecule has 0 atom stereocenters. The molecule has 2 N–H and O–H groups in total. The van der Waals surface area contributed by atoms with E-state index in [0.717, 1.165) is 18.9 Å². The minimum atomic E-state index is -4.45. The second kappa shape index (κ2) is 5.00. The van der Waals surface area contributed by atoms with E-state index in [0.29, 0.717) is 18.3 Å². The summed E-state index contributed by atoms with van der Waals surface area (Å²) in [6.45, 7) is 2.63. The molecule has 1 aromatic rings. The summed E-state index contributed by atoms with van der Waals surface area (Å²) in [4.78, 5) is 1.76. The van der Waals surface area contributed by atoms with E-state index < -0.39 is 11.7 Å². The van der Waals surface area contributed by atoms with E-state index >= 15 is 0 Å². The molecule has 0 unspecified atom stereocenters. The molecule has 2 nitrogen and oxygen atoms in total. The molecule has 1 saturated carbocycles. The van der Waals surface area contributed by atoms with E-state index in [4.69, 9.17) is 5.73 Å². The lowest BCUT2D eigenvalue weighted by Crippen LogP contribution is -2.26. The van der Waals surface area contributed by atoms with E-state index in [1.165, 1.54) is 6.07 Å². The zero-order valence-corrected chi connectivity index (χ0v) is 11.3. The molecule has 1 aromatic carbocycles. The Morgan fingerprint density at radius 3 is 2.47 bits per heavy atom. The maximum Gasteiger partial charge on any atom is 0.417 e. The maximum atomic E-state index is 13.0. The predicted octanol–water partition coefficient (Wildman–Crippen LogP) is 3.33. The van der Waals surface area contributed by atoms with Gasteiger partial charge in [-0.15, -0.1) is 0 Å². The van der Waals surface area contributed by atoms with E-state index in [-0.39, 0.29) is 10.6 Å². The third-order valence-corrected chi connectivity index (χ3v) is 3.45. The van der Waals surface area contributed by atoms with E-state index in [9.17, 15) is 13.2 Å². The van der Waals surface area contributed by atoms with Crippen molar-refractivity contribution in [2.75, 3.05) is 11.4 Å². The maximum absolute atomic E-state index is 13.0. The van der Waals surface area contributed by atoms with Gasteiger partial charge in [-0.2, -0.15) is 13.2 Å². The number of benzene rings is 1. The topological polar surface area (TPSA) is 29.3 Å². The third-order valence-electron chi connectivity index (χ3n) is 3.23. The van der Waals surface area contributed by atoms with Crippen LogP contribution in [0.15, 0.2) is 18.2 Å². The van der Waals surface area contributed by atoms with Gasteiger partial charge in [0.25, 0.3) is 0 Å². The first kappa shape index (κ1) is 14.1. The predicted molar refractivity (Wildman–Crippen MR) is 73.4 cm³/mol. The van der Waals surface area contributed by atoms with Crippen LogP contribution in [0, 0.1) is 0 Å². The van der Waals surface area contributed by atoms with Crippen molar-refractivity contribution in [3.8, 4) is 0 Å². The molecule has 0 amide bonds. The van der Waals surface area contributed by atoms with Crippen molar-refractivity contribution in [3.05, 3.63) is 29.3 Å². The summed E-state index contributed by atoms with van der Waals surface area (Å²) in [6.07, 6.45) is -2.38. The van der Waals surface area contributed by atoms with Crippen molar-refractivity contribution in [2.45, 2.75) is 32.0 Å². The van der Waals surface area contributed by atoms with Gasteiger partial charge in [0.1, 0.15) is 4.99 Å². The minimum Gasteiger partial charge on any atom is -0.389 e. The van der Waals surface area contributed by atoms with Crippen LogP contribution in [0.1, 0.15) is 30.9 Å². The van der Waals surface area contributed by atoms with Crippen molar-refractivity contribution < 1.29 is 13.2 Å². The Morgan fingerprint density at radius 1 is 1.42 bits per heavy atom. The summed E-state index contributed by atoms with van der Waals surface area (Å²) in [5.74, 6) is 0. The number of hydrogen-bond donors (Lipinski definition) is 1. The largest absolute Gasteiger partial charge is 0.417 e. The van der Waals surface area contributed by atoms with Crippen LogP contribution >= 0.6 is 12.2 Å². The zero-order chi connectivity index (χ0) is 14.2. The van der Waals surface area contributed by atoms with Gasteiger partial charge in [-0.1, -0.05) is 12.2 Å². The van der Waals surface area contributed by atoms with Gasteiger partial charge >= 0.3 is 6.18 Å². The van der Waals surface area contributed by atoms with Crippen LogP contribution < -0.4 is 10.6 Å². The molecular weight excluding hydrogens is 273 g/mol. The number of nitrogens with two attached hydrogens (primary N) is 1. The Balaban J connectivity index is 2.45. The average Bonchev–Trinajstić information content (AvgIpc) is 3.13. The number of anilines is 1. The molecule has 0 saturated heterocycles. The van der Waals surface area contributed by atoms with Gasteiger partial charge in [0.15, 0.2) is 0 Å². The van der Waals surface area contributed by atoms with Gasteiger partial charge in [0, 0.05) is 23.8 Å². The molecule has 0 aromatic heterocycles. The fourth-order valence-corrected chi connectivity index (χ4v) is 2.38. The van der Waals surface area contributed by atoms with Crippen LogP contribution in [0.25, 0.3) is 0 Å². The van der Waals surface area contributed by atoms with Crippen LogP contribution in [-0.2, 0) is 6.18 Å². The highest BCUT2D eigenvalue weighted by atomic mass is 32.1. The van der Waals surface area contributed by atoms with Crippen LogP contribution in [0.2, 0.25) is 0 Å². The van der Waals surface area contributed by atoms with Crippen LogP contribution in [0.4, 0.5) is 18.9 Å². The summed E-state index contributed by atoms with van der Waals surface area (Å²) in [5, 5.41) is 0. The SMILES string of the molecule is CCN(c1ccc(C(N)=S)c(C(F)(F)F)c1)C1CC1. The van der Waals surface area contributed by atoms with Crippen LogP contribution in [0.3, 0.4) is 0 Å². The molecule has 0 aliphatic heterocycles. The molecule has 1 aliphatic rings. The Hall–Kier alpha value is -1.30. The zero-order valence-electron chi connectivity index (χ0n) is 10.5. The molecule has 0 heterocycles. The standard InChI is InChI=1S/C13H15F3N2S/c1-2-18(8-3-4-8)9-5-6-10(12(17)19)11(7-9)13(14,15)16/h5-8H,2-4H2,1H3,(H2,17,19). The molecule has 1 fully saturated rings. The Morgan fingerprint density at radius 2 is 2.05 bits per heavy atom. The summed E-state index contributed by atoms with van der Waals surface area (Å²) >= 11 is 4.68. The van der Waals surface area contributed by atoms with Crippen LogP contribution in [0.5, 0.6) is 0 Å². The van der Waals surface area contributed by atoms with Gasteiger partial charge in [0.2, 0.25) is 0 Å². The van der Waals surface area contributed by atoms with Crippen molar-refractivity contribution in [1.82, 2.24) is 0 Å². The summed E-state index contributed by atoms with van der Waals surface area (Å²) < 4.78 is 39.1. The van der Waals surface area contributed by atoms with Crippen LogP contribution in [-0.4, -0.2) is 17.6 Å². The normalized spacial score (nSPS) is 15.4. The molecule has 104 valence electrons. The molecule has 0 spiro atoms. The molecular formula is C13H15F3N2S. The molecule has 19 heavy (non-hydrogen) atoms. The highest BCUT2D eigenvalue weighted by Gasteiger charge is 2.36. The van der Waals surface area contributed by atoms with Gasteiger partial charge < -0.3 is 10.6 Å². The number of thiocarbonyl (C=S) groups is 1. The van der Waals surface area contributed by atoms with Gasteiger partial charge in [0.05, 0.1) is 5.56 Å². The summed E-state index contributed by atoms with van der Waals surface area (Å²) in [7, 11) is 0. The number of nitrogens with zero attached hydrogens (tertiary/aromatic N) is 1. The number of rotatable bonds is 4. The lowest BCUT2D eigenvalue weighted by Gasteiger charge is -2.24. The third kappa shape index (κ3) is 3.00. The quantitative estimate of drug-likeness (QED) is 0.862.